The van der Waals surface area contributed by atoms with Crippen molar-refractivity contribution >= 4 is 23.7 Å². The van der Waals surface area contributed by atoms with Crippen LogP contribution >= 0.6 is 0 Å². The van der Waals surface area contributed by atoms with Crippen LogP contribution in [0.1, 0.15) is 52.4 Å². The minimum absolute atomic E-state index is 0.126. The van der Waals surface area contributed by atoms with E-state index in [4.69, 9.17) is 15.1 Å². The predicted octanol–water partition coefficient (Wildman–Crippen LogP) is 5.82. The van der Waals surface area contributed by atoms with Gasteiger partial charge in [0.05, 0.1) is 28.9 Å². The number of nitriles is 1. The summed E-state index contributed by atoms with van der Waals surface area (Å²) in [6.45, 7) is -0.531. The highest BCUT2D eigenvalue weighted by Gasteiger charge is 2.43. The number of carbonyl (C=O) groups excluding carboxylic acids is 2. The van der Waals surface area contributed by atoms with Gasteiger partial charge in [-0.15, -0.1) is 0 Å². The first-order chi connectivity index (χ1) is 18.4. The maximum atomic E-state index is 13.7. The molecule has 0 bridgehead atoms. The minimum Gasteiger partial charge on any atom is -0.452 e. The molecule has 38 heavy (non-hydrogen) atoms. The van der Waals surface area contributed by atoms with Gasteiger partial charge in [-0.2, -0.15) is 10.4 Å². The van der Waals surface area contributed by atoms with E-state index in [-0.39, 0.29) is 23.1 Å². The first-order valence-electron chi connectivity index (χ1n) is 12.2. The van der Waals surface area contributed by atoms with Crippen LogP contribution in [-0.4, -0.2) is 29.2 Å². The van der Waals surface area contributed by atoms with Gasteiger partial charge in [-0.05, 0) is 90.6 Å². The van der Waals surface area contributed by atoms with Gasteiger partial charge in [0, 0.05) is 5.92 Å². The van der Waals surface area contributed by atoms with Crippen molar-refractivity contribution in [2.45, 2.75) is 25.3 Å². The van der Waals surface area contributed by atoms with E-state index in [9.17, 15) is 18.4 Å². The fraction of sp³-hybridized carbons (Fsp3) is 0.200. The molecule has 8 heteroatoms. The maximum Gasteiger partial charge on any atom is 0.338 e. The van der Waals surface area contributed by atoms with Crippen molar-refractivity contribution in [1.29, 1.82) is 5.26 Å². The van der Waals surface area contributed by atoms with Gasteiger partial charge in [-0.25, -0.2) is 18.6 Å². The van der Waals surface area contributed by atoms with Gasteiger partial charge in [0.15, 0.2) is 6.61 Å². The van der Waals surface area contributed by atoms with Crippen molar-refractivity contribution in [3.63, 3.8) is 0 Å². The second kappa shape index (κ2) is 10.8. The number of ether oxygens (including phenoxy) is 1. The van der Waals surface area contributed by atoms with E-state index < -0.39 is 24.5 Å². The van der Waals surface area contributed by atoms with Gasteiger partial charge in [0.1, 0.15) is 11.6 Å². The smallest absolute Gasteiger partial charge is 0.338 e. The summed E-state index contributed by atoms with van der Waals surface area (Å²) in [6, 6.07) is 19.5. The van der Waals surface area contributed by atoms with Crippen LogP contribution in [0.5, 0.6) is 0 Å². The zero-order valence-electron chi connectivity index (χ0n) is 20.3. The summed E-state index contributed by atoms with van der Waals surface area (Å²) in [5.41, 5.74) is 3.87. The first-order valence-corrected chi connectivity index (χ1v) is 12.2. The number of hydrogen-bond donors (Lipinski definition) is 0. The summed E-state index contributed by atoms with van der Waals surface area (Å²) < 4.78 is 32.4. The Labute approximate surface area is 218 Å². The number of nitrogens with zero attached hydrogens (tertiary/aromatic N) is 3. The highest BCUT2D eigenvalue weighted by molar-refractivity contribution is 6.08. The molecule has 1 aliphatic carbocycles. The summed E-state index contributed by atoms with van der Waals surface area (Å²) in [7, 11) is 0. The minimum atomic E-state index is -0.692. The molecule has 190 valence electrons. The molecule has 3 aromatic carbocycles. The second-order valence-corrected chi connectivity index (χ2v) is 9.21. The van der Waals surface area contributed by atoms with Gasteiger partial charge in [0.2, 0.25) is 0 Å². The van der Waals surface area contributed by atoms with Crippen molar-refractivity contribution in [3.8, 4) is 6.07 Å². The molecule has 3 aromatic rings. The number of rotatable bonds is 5. The van der Waals surface area contributed by atoms with Gasteiger partial charge in [0.25, 0.3) is 5.91 Å². The van der Waals surface area contributed by atoms with E-state index in [0.29, 0.717) is 5.56 Å². The number of benzene rings is 3. The van der Waals surface area contributed by atoms with Crippen LogP contribution in [0.3, 0.4) is 0 Å². The summed E-state index contributed by atoms with van der Waals surface area (Å²) in [5, 5.41) is 15.0. The van der Waals surface area contributed by atoms with E-state index in [0.717, 1.165) is 41.7 Å². The third-order valence-corrected chi connectivity index (χ3v) is 6.76. The lowest BCUT2D eigenvalue weighted by molar-refractivity contribution is -0.137. The van der Waals surface area contributed by atoms with Gasteiger partial charge >= 0.3 is 5.97 Å². The molecule has 1 fully saturated rings. The maximum absolute atomic E-state index is 13.7. The summed E-state index contributed by atoms with van der Waals surface area (Å²) in [5.74, 6) is -2.04. The van der Waals surface area contributed by atoms with E-state index in [1.165, 1.54) is 53.5 Å². The molecule has 2 aliphatic rings. The second-order valence-electron chi connectivity index (χ2n) is 9.21. The number of carbonyl (C=O) groups is 2. The average Bonchev–Trinajstić information content (AvgIpc) is 3.34. The fourth-order valence-corrected chi connectivity index (χ4v) is 4.92. The highest BCUT2D eigenvalue weighted by Crippen LogP contribution is 2.44. The van der Waals surface area contributed by atoms with Crippen LogP contribution in [0.25, 0.3) is 6.08 Å². The molecule has 0 saturated heterocycles. The summed E-state index contributed by atoms with van der Waals surface area (Å²) in [6.07, 6.45) is 4.34. The molecule has 0 aromatic heterocycles. The lowest BCUT2D eigenvalue weighted by atomic mass is 9.77. The first kappa shape index (κ1) is 25.0. The molecular weight excluding hydrogens is 488 g/mol. The third kappa shape index (κ3) is 5.23. The molecule has 1 saturated carbocycles. The monoisotopic (exact) mass is 511 g/mol. The van der Waals surface area contributed by atoms with Crippen molar-refractivity contribution in [3.05, 3.63) is 112 Å². The number of allylic oxidation sites excluding steroid dienone is 1. The van der Waals surface area contributed by atoms with E-state index in [2.05, 4.69) is 0 Å². The van der Waals surface area contributed by atoms with Crippen LogP contribution in [0.4, 0.5) is 8.78 Å². The fourth-order valence-electron chi connectivity index (χ4n) is 4.92. The molecule has 0 spiro atoms. The zero-order chi connectivity index (χ0) is 26.6. The number of fused-ring (bicyclic) bond motifs is 1. The Hall–Kier alpha value is -4.64. The molecule has 6 nitrogen and oxygen atoms in total. The molecule has 2 atom stereocenters. The molecule has 1 amide bonds. The number of esters is 1. The number of hydrazone groups is 1. The van der Waals surface area contributed by atoms with Gasteiger partial charge in [-0.1, -0.05) is 24.3 Å². The van der Waals surface area contributed by atoms with E-state index in [1.54, 1.807) is 24.3 Å². The van der Waals surface area contributed by atoms with Crippen molar-refractivity contribution in [2.24, 2.45) is 11.0 Å². The Morgan fingerprint density at radius 1 is 1.00 bits per heavy atom. The van der Waals surface area contributed by atoms with Crippen LogP contribution in [0.2, 0.25) is 0 Å². The Morgan fingerprint density at radius 2 is 1.66 bits per heavy atom. The van der Waals surface area contributed by atoms with Crippen LogP contribution in [-0.2, 0) is 9.53 Å². The number of halogens is 2. The average molecular weight is 512 g/mol. The molecule has 5 rings (SSSR count). The highest BCUT2D eigenvalue weighted by atomic mass is 19.1. The van der Waals surface area contributed by atoms with Crippen LogP contribution in [0, 0.1) is 28.9 Å². The lowest BCUT2D eigenvalue weighted by Crippen LogP contribution is -2.34. The summed E-state index contributed by atoms with van der Waals surface area (Å²) >= 11 is 0. The Kier molecular flexibility index (Phi) is 7.09. The van der Waals surface area contributed by atoms with Crippen LogP contribution < -0.4 is 0 Å². The van der Waals surface area contributed by atoms with E-state index in [1.807, 2.05) is 12.1 Å². The Morgan fingerprint density at radius 3 is 2.32 bits per heavy atom. The Bertz CT molecular complexity index is 1460. The Balaban J connectivity index is 1.41. The molecule has 2 unspecified atom stereocenters. The number of amides is 1. The largest absolute Gasteiger partial charge is 0.452 e. The van der Waals surface area contributed by atoms with Gasteiger partial charge < -0.3 is 4.74 Å². The van der Waals surface area contributed by atoms with Crippen LogP contribution in [0.15, 0.2) is 83.5 Å². The van der Waals surface area contributed by atoms with Gasteiger partial charge in [-0.3, -0.25) is 4.79 Å². The molecule has 1 heterocycles. The normalized spacial score (nSPS) is 19.4. The number of hydrogen-bond acceptors (Lipinski definition) is 5. The molecule has 1 aliphatic heterocycles. The lowest BCUT2D eigenvalue weighted by Gasteiger charge is -2.29. The molecule has 0 radical (unpaired) electrons. The predicted molar refractivity (Wildman–Crippen MR) is 137 cm³/mol. The molecular formula is C30H23F2N3O3. The van der Waals surface area contributed by atoms with Crippen molar-refractivity contribution < 1.29 is 23.1 Å². The SMILES string of the molecule is N#Cc1ccc(C(=O)OCC(=O)N2N=C3C(=Cc4ccc(F)cc4)CCCC3C2c2ccc(F)cc2)cc1. The topological polar surface area (TPSA) is 82.8 Å². The third-order valence-electron chi connectivity index (χ3n) is 6.76. The summed E-state index contributed by atoms with van der Waals surface area (Å²) in [4.78, 5) is 25.8. The standard InChI is InChI=1S/C30H23F2N3O3/c31-24-12-6-19(7-13-24)16-23-2-1-3-26-28(23)34-35(29(26)21-10-14-25(32)15-11-21)27(36)18-38-30(37)22-8-4-20(17-33)5-9-22/h4-16,26,29H,1-3,18H2. The van der Waals surface area contributed by atoms with Crippen molar-refractivity contribution in [2.75, 3.05) is 6.61 Å². The molecule has 0 N–H and O–H groups in total. The van der Waals surface area contributed by atoms with Crippen molar-refractivity contribution in [1.82, 2.24) is 5.01 Å². The zero-order valence-corrected chi connectivity index (χ0v) is 20.3. The quantitative estimate of drug-likeness (QED) is 0.405. The van der Waals surface area contributed by atoms with E-state index >= 15 is 0 Å².